The van der Waals surface area contributed by atoms with Crippen LogP contribution >= 0.6 is 0 Å². The van der Waals surface area contributed by atoms with Crippen LogP contribution < -0.4 is 0 Å². The highest BCUT2D eigenvalue weighted by Crippen LogP contribution is 2.44. The van der Waals surface area contributed by atoms with Gasteiger partial charge in [-0.05, 0) is 35.0 Å². The number of para-hydroxylation sites is 1. The minimum absolute atomic E-state index is 0.523. The van der Waals surface area contributed by atoms with Gasteiger partial charge in [0, 0.05) is 50.0 Å². The quantitative estimate of drug-likeness (QED) is 0.196. The van der Waals surface area contributed by atoms with E-state index < -0.39 is 0 Å². The summed E-state index contributed by atoms with van der Waals surface area (Å²) in [6.07, 6.45) is 1.88. The van der Waals surface area contributed by atoms with Crippen LogP contribution in [0.1, 0.15) is 0 Å². The number of benzene rings is 6. The predicted molar refractivity (Wildman–Crippen MR) is 191 cm³/mol. The summed E-state index contributed by atoms with van der Waals surface area (Å²) in [6, 6.07) is 46.8. The van der Waals surface area contributed by atoms with E-state index in [1.165, 1.54) is 0 Å². The molecule has 0 aliphatic rings. The first kappa shape index (κ1) is 26.5. The van der Waals surface area contributed by atoms with E-state index in [9.17, 15) is 0 Å². The number of aromatic nitrogens is 4. The molecule has 0 aliphatic carbocycles. The van der Waals surface area contributed by atoms with Gasteiger partial charge in [-0.25, -0.2) is 15.0 Å². The molecule has 224 valence electrons. The van der Waals surface area contributed by atoms with Crippen molar-refractivity contribution in [2.75, 3.05) is 0 Å². The van der Waals surface area contributed by atoms with Crippen LogP contribution in [0.25, 0.3) is 100 Å². The van der Waals surface area contributed by atoms with Gasteiger partial charge < -0.3 is 8.83 Å². The van der Waals surface area contributed by atoms with Crippen LogP contribution in [-0.2, 0) is 0 Å². The third-order valence-corrected chi connectivity index (χ3v) is 8.96. The second kappa shape index (κ2) is 10.4. The summed E-state index contributed by atoms with van der Waals surface area (Å²) in [5.74, 6) is 1.70. The molecule has 0 fully saturated rings. The van der Waals surface area contributed by atoms with E-state index in [2.05, 4.69) is 42.5 Å². The van der Waals surface area contributed by atoms with Crippen LogP contribution in [0.5, 0.6) is 0 Å². The van der Waals surface area contributed by atoms with Gasteiger partial charge in [0.25, 0.3) is 0 Å². The van der Waals surface area contributed by atoms with Crippen molar-refractivity contribution in [2.24, 2.45) is 0 Å². The van der Waals surface area contributed by atoms with Gasteiger partial charge in [-0.1, -0.05) is 115 Å². The van der Waals surface area contributed by atoms with Gasteiger partial charge in [0.2, 0.25) is 0 Å². The molecule has 0 radical (unpaired) electrons. The van der Waals surface area contributed by atoms with Crippen molar-refractivity contribution >= 4 is 54.6 Å². The summed E-state index contributed by atoms with van der Waals surface area (Å²) in [7, 11) is 0. The second-order valence-corrected chi connectivity index (χ2v) is 11.8. The largest absolute Gasteiger partial charge is 0.456 e. The molecule has 0 spiro atoms. The third kappa shape index (κ3) is 4.13. The van der Waals surface area contributed by atoms with Crippen molar-refractivity contribution in [3.05, 3.63) is 146 Å². The number of fused-ring (bicyclic) bond motifs is 7. The molecule has 4 heterocycles. The Labute approximate surface area is 274 Å². The molecule has 10 rings (SSSR count). The van der Waals surface area contributed by atoms with Crippen molar-refractivity contribution in [3.8, 4) is 45.4 Å². The molecule has 0 saturated heterocycles. The van der Waals surface area contributed by atoms with Gasteiger partial charge in [-0.3, -0.25) is 4.98 Å². The summed E-state index contributed by atoms with van der Waals surface area (Å²) < 4.78 is 13.1. The average Bonchev–Trinajstić information content (AvgIpc) is 3.72. The van der Waals surface area contributed by atoms with Gasteiger partial charge in [0.15, 0.2) is 23.1 Å². The first-order valence-corrected chi connectivity index (χ1v) is 15.8. The third-order valence-electron chi connectivity index (χ3n) is 8.96. The van der Waals surface area contributed by atoms with Crippen molar-refractivity contribution in [1.82, 2.24) is 19.9 Å². The lowest BCUT2D eigenvalue weighted by Gasteiger charge is -2.10. The number of hydrogen-bond donors (Lipinski definition) is 0. The molecule has 0 aliphatic heterocycles. The van der Waals surface area contributed by atoms with Crippen LogP contribution in [0.15, 0.2) is 155 Å². The van der Waals surface area contributed by atoms with Crippen molar-refractivity contribution in [2.45, 2.75) is 0 Å². The summed E-state index contributed by atoms with van der Waals surface area (Å²) in [5, 5.41) is 6.11. The fourth-order valence-corrected chi connectivity index (χ4v) is 6.73. The summed E-state index contributed by atoms with van der Waals surface area (Å²) in [6.45, 7) is 0. The first-order valence-electron chi connectivity index (χ1n) is 15.8. The summed E-state index contributed by atoms with van der Waals surface area (Å²) in [4.78, 5) is 20.2. The summed E-state index contributed by atoms with van der Waals surface area (Å²) in [5.41, 5.74) is 7.30. The Bertz CT molecular complexity index is 2780. The Balaban J connectivity index is 1.31. The molecule has 10 aromatic rings. The van der Waals surface area contributed by atoms with Gasteiger partial charge in [0.1, 0.15) is 22.4 Å². The van der Waals surface area contributed by atoms with Crippen LogP contribution in [-0.4, -0.2) is 19.9 Å². The van der Waals surface area contributed by atoms with E-state index in [0.717, 1.165) is 77.0 Å². The first-order chi connectivity index (χ1) is 23.8. The van der Waals surface area contributed by atoms with E-state index >= 15 is 0 Å². The number of hydrogen-bond acceptors (Lipinski definition) is 6. The molecule has 0 atom stereocenters. The van der Waals surface area contributed by atoms with Crippen molar-refractivity contribution < 1.29 is 8.83 Å². The monoisotopic (exact) mass is 616 g/mol. The Morgan fingerprint density at radius 3 is 1.79 bits per heavy atom. The Morgan fingerprint density at radius 1 is 0.417 bits per heavy atom. The normalized spacial score (nSPS) is 11.8. The lowest BCUT2D eigenvalue weighted by Crippen LogP contribution is -2.01. The maximum absolute atomic E-state index is 6.81. The van der Waals surface area contributed by atoms with Gasteiger partial charge in [-0.15, -0.1) is 0 Å². The maximum Gasteiger partial charge on any atom is 0.166 e. The fourth-order valence-electron chi connectivity index (χ4n) is 6.73. The highest BCUT2D eigenvalue weighted by Gasteiger charge is 2.24. The molecule has 0 N–H and O–H groups in total. The van der Waals surface area contributed by atoms with E-state index in [1.54, 1.807) is 0 Å². The molecule has 6 nitrogen and oxygen atoms in total. The van der Waals surface area contributed by atoms with E-state index in [4.69, 9.17) is 28.8 Å². The number of nitrogens with zero attached hydrogens (tertiary/aromatic N) is 4. The molecule has 6 aromatic carbocycles. The Morgan fingerprint density at radius 2 is 1.04 bits per heavy atom. The molecule has 48 heavy (non-hydrogen) atoms. The molecule has 0 unspecified atom stereocenters. The highest BCUT2D eigenvalue weighted by atomic mass is 16.3. The summed E-state index contributed by atoms with van der Waals surface area (Å²) >= 11 is 0. The molecular formula is C42H24N4O2. The zero-order valence-corrected chi connectivity index (χ0v) is 25.5. The van der Waals surface area contributed by atoms with Gasteiger partial charge in [0.05, 0.1) is 0 Å². The van der Waals surface area contributed by atoms with Gasteiger partial charge in [-0.2, -0.15) is 0 Å². The fraction of sp³-hybridized carbons (Fsp3) is 0. The number of pyridine rings is 1. The molecule has 4 aromatic heterocycles. The minimum atomic E-state index is 0.523. The van der Waals surface area contributed by atoms with Crippen LogP contribution in [0, 0.1) is 0 Å². The van der Waals surface area contributed by atoms with Crippen molar-refractivity contribution in [1.29, 1.82) is 0 Å². The number of furan rings is 2. The molecule has 6 heteroatoms. The molecule has 0 bridgehead atoms. The number of rotatable bonds is 4. The maximum atomic E-state index is 6.81. The molecule has 0 saturated carbocycles. The van der Waals surface area contributed by atoms with E-state index in [1.807, 2.05) is 103 Å². The predicted octanol–water partition coefficient (Wildman–Crippen LogP) is 10.9. The standard InChI is InChI=1S/C42H24N4O2/c1-3-12-25(13-4-1)40-44-41(26-14-5-2-6-15-26)46-42(45-40)32-24-43-38(30-19-11-21-34-36(30)29-18-9-10-20-33(29)47-34)39-37(32)31-22-27-16-7-8-17-28(27)23-35(31)48-39/h1-24H. The van der Waals surface area contributed by atoms with E-state index in [-0.39, 0.29) is 0 Å². The van der Waals surface area contributed by atoms with E-state index in [0.29, 0.717) is 23.1 Å². The molecular weight excluding hydrogens is 592 g/mol. The minimum Gasteiger partial charge on any atom is -0.456 e. The topological polar surface area (TPSA) is 77.8 Å². The van der Waals surface area contributed by atoms with Gasteiger partial charge >= 0.3 is 0 Å². The molecule has 0 amide bonds. The van der Waals surface area contributed by atoms with Crippen LogP contribution in [0.4, 0.5) is 0 Å². The Hall–Kier alpha value is -6.66. The Kier molecular flexibility index (Phi) is 5.77. The lowest BCUT2D eigenvalue weighted by molar-refractivity contribution is 0.668. The zero-order chi connectivity index (χ0) is 31.6. The average molecular weight is 617 g/mol. The lowest BCUT2D eigenvalue weighted by atomic mass is 9.99. The highest BCUT2D eigenvalue weighted by molar-refractivity contribution is 6.20. The SMILES string of the molecule is c1ccc(-c2nc(-c3ccccc3)nc(-c3cnc(-c4cccc5oc6ccccc6c45)c4oc5cc6ccccc6cc5c34)n2)cc1. The second-order valence-electron chi connectivity index (χ2n) is 11.8. The van der Waals surface area contributed by atoms with Crippen LogP contribution in [0.3, 0.4) is 0 Å². The van der Waals surface area contributed by atoms with Crippen LogP contribution in [0.2, 0.25) is 0 Å². The zero-order valence-electron chi connectivity index (χ0n) is 25.5. The van der Waals surface area contributed by atoms with Crippen molar-refractivity contribution in [3.63, 3.8) is 0 Å². The smallest absolute Gasteiger partial charge is 0.166 e.